The molecule has 0 unspecified atom stereocenters. The molecule has 0 fully saturated rings. The van der Waals surface area contributed by atoms with Gasteiger partial charge in [-0.05, 0) is 0 Å². The molecule has 9 heavy (non-hydrogen) atoms. The minimum atomic E-state index is -2.97. The van der Waals surface area contributed by atoms with Crippen LogP contribution in [0.3, 0.4) is 0 Å². The van der Waals surface area contributed by atoms with Crippen LogP contribution in [0.4, 0.5) is 0 Å². The third kappa shape index (κ3) is 1.54. The molecule has 0 saturated carbocycles. The quantitative estimate of drug-likeness (QED) is 0.401. The molecule has 0 aromatic rings. The van der Waals surface area contributed by atoms with Gasteiger partial charge < -0.3 is 0 Å². The van der Waals surface area contributed by atoms with Crippen LogP contribution in [-0.4, -0.2) is 21.0 Å². The molecule has 0 aromatic carbocycles. The molecule has 0 rings (SSSR count). The van der Waals surface area contributed by atoms with Gasteiger partial charge in [-0.1, -0.05) is 0 Å². The van der Waals surface area contributed by atoms with Gasteiger partial charge in [0.2, 0.25) is 0 Å². The number of rotatable bonds is 4. The molecule has 0 spiro atoms. The second-order valence-electron chi connectivity index (χ2n) is 0.931. The van der Waals surface area contributed by atoms with Crippen molar-refractivity contribution in [3.8, 4) is 0 Å². The van der Waals surface area contributed by atoms with Crippen LogP contribution in [0.25, 0.3) is 0 Å². The molecule has 0 radical (unpaired) electrons. The summed E-state index contributed by atoms with van der Waals surface area (Å²) in [6.07, 6.45) is 0. The van der Waals surface area contributed by atoms with Gasteiger partial charge in [-0.3, -0.25) is 0 Å². The van der Waals surface area contributed by atoms with E-state index in [0.29, 0.717) is 0 Å². The Balaban J connectivity index is 4.53. The van der Waals surface area contributed by atoms with Crippen LogP contribution in [-0.2, 0) is 31.6 Å². The summed E-state index contributed by atoms with van der Waals surface area (Å²) in [6, 6.07) is 0. The molecule has 0 aliphatic heterocycles. The van der Waals surface area contributed by atoms with Crippen molar-refractivity contribution in [2.45, 2.75) is 0 Å². The molecule has 0 heterocycles. The van der Waals surface area contributed by atoms with Crippen molar-refractivity contribution in [3.63, 3.8) is 0 Å². The fourth-order valence-corrected chi connectivity index (χ4v) is 0.435. The van der Waals surface area contributed by atoms with Crippen molar-refractivity contribution in [2.24, 2.45) is 0 Å². The number of hydrogen-bond acceptors (Lipinski definition) is 4. The van der Waals surface area contributed by atoms with Crippen LogP contribution >= 0.6 is 0 Å². The van der Waals surface area contributed by atoms with Crippen molar-refractivity contribution in [3.05, 3.63) is 0 Å². The van der Waals surface area contributed by atoms with Gasteiger partial charge in [0.1, 0.15) is 0 Å². The molecule has 0 aromatic heterocycles. The van der Waals surface area contributed by atoms with E-state index in [1.165, 1.54) is 0 Å². The van der Waals surface area contributed by atoms with Gasteiger partial charge >= 0.3 is 52.6 Å². The summed E-state index contributed by atoms with van der Waals surface area (Å²) in [7, 11) is 0. The van der Waals surface area contributed by atoms with E-state index in [1.807, 2.05) is 0 Å². The van der Waals surface area contributed by atoms with E-state index in [9.17, 15) is 19.2 Å². The first kappa shape index (κ1) is 8.17. The van der Waals surface area contributed by atoms with Gasteiger partial charge in [0.15, 0.2) is 0 Å². The third-order valence-electron chi connectivity index (χ3n) is 0.516. The van der Waals surface area contributed by atoms with Gasteiger partial charge in [0.25, 0.3) is 0 Å². The summed E-state index contributed by atoms with van der Waals surface area (Å²) < 4.78 is 0. The summed E-state index contributed by atoms with van der Waals surface area (Å²) in [5.41, 5.74) is 0. The SMILES string of the molecule is O=[CH][Ni]([CH]=O)([CH]=O)[CH]=O. The average molecular weight is 175 g/mol. The second kappa shape index (κ2) is 3.25. The second-order valence-corrected chi connectivity index (χ2v) is 3.84. The Bertz CT molecular complexity index is 115. The molecule has 0 bridgehead atoms. The molecular weight excluding hydrogens is 171 g/mol. The Hall–Kier alpha value is -0.826. The molecule has 0 saturated heterocycles. The van der Waals surface area contributed by atoms with Crippen LogP contribution in [0.15, 0.2) is 0 Å². The van der Waals surface area contributed by atoms with E-state index in [-0.39, 0.29) is 21.0 Å². The van der Waals surface area contributed by atoms with Gasteiger partial charge in [-0.15, -0.1) is 0 Å². The Morgan fingerprint density at radius 2 is 0.889 bits per heavy atom. The first-order valence-corrected chi connectivity index (χ1v) is 3.95. The van der Waals surface area contributed by atoms with E-state index in [2.05, 4.69) is 0 Å². The van der Waals surface area contributed by atoms with Crippen molar-refractivity contribution < 1.29 is 31.6 Å². The summed E-state index contributed by atoms with van der Waals surface area (Å²) in [6.45, 7) is 0. The van der Waals surface area contributed by atoms with Crippen molar-refractivity contribution in [1.29, 1.82) is 0 Å². The van der Waals surface area contributed by atoms with Gasteiger partial charge in [-0.2, -0.15) is 0 Å². The van der Waals surface area contributed by atoms with Crippen LogP contribution in [0.2, 0.25) is 0 Å². The predicted molar refractivity (Wildman–Crippen MR) is 27.0 cm³/mol. The summed E-state index contributed by atoms with van der Waals surface area (Å²) in [5.74, 6) is 0. The van der Waals surface area contributed by atoms with Gasteiger partial charge in [-0.25, -0.2) is 0 Å². The zero-order valence-corrected chi connectivity index (χ0v) is 5.25. The van der Waals surface area contributed by atoms with Gasteiger partial charge in [0.05, 0.1) is 0 Å². The molecule has 0 N–H and O–H groups in total. The molecule has 0 aliphatic rings. The first-order chi connectivity index (χ1) is 4.24. The first-order valence-electron chi connectivity index (χ1n) is 1.67. The fourth-order valence-electron chi connectivity index (χ4n) is 0.105. The number of carbonyl (C=O) groups excluding carboxylic acids is 4. The van der Waals surface area contributed by atoms with Crippen molar-refractivity contribution in [2.75, 3.05) is 0 Å². The molecule has 5 heteroatoms. The topological polar surface area (TPSA) is 68.3 Å². The standard InChI is InChI=1S/4CHO.Ni/c4*1-2;/h4*1H;. The summed E-state index contributed by atoms with van der Waals surface area (Å²) in [4.78, 5) is 39.5. The number of carbonyl (C=O) groups is 4. The Labute approximate surface area is 53.3 Å². The van der Waals surface area contributed by atoms with Crippen LogP contribution in [0.1, 0.15) is 0 Å². The molecule has 0 aliphatic carbocycles. The van der Waals surface area contributed by atoms with Crippen molar-refractivity contribution >= 4 is 21.0 Å². The Kier molecular flexibility index (Phi) is 2.95. The van der Waals surface area contributed by atoms with E-state index in [4.69, 9.17) is 0 Å². The summed E-state index contributed by atoms with van der Waals surface area (Å²) >= 11 is -2.97. The van der Waals surface area contributed by atoms with Crippen LogP contribution in [0, 0.1) is 0 Å². The van der Waals surface area contributed by atoms with Crippen molar-refractivity contribution in [1.82, 2.24) is 0 Å². The normalized spacial score (nSPS) is 11.6. The zero-order valence-electron chi connectivity index (χ0n) is 4.26. The average Bonchev–Trinajstić information content (AvgIpc) is 1.95. The summed E-state index contributed by atoms with van der Waals surface area (Å²) in [5, 5.41) is 0.375. The van der Waals surface area contributed by atoms with Gasteiger partial charge in [0, 0.05) is 0 Å². The van der Waals surface area contributed by atoms with E-state index in [1.54, 1.807) is 0 Å². The monoisotopic (exact) mass is 174 g/mol. The maximum atomic E-state index is 9.87. The Morgan fingerprint density at radius 1 is 0.667 bits per heavy atom. The molecule has 0 atom stereocenters. The van der Waals surface area contributed by atoms with E-state index >= 15 is 0 Å². The van der Waals surface area contributed by atoms with E-state index in [0.717, 1.165) is 0 Å². The van der Waals surface area contributed by atoms with Crippen LogP contribution < -0.4 is 0 Å². The van der Waals surface area contributed by atoms with Crippen LogP contribution in [0.5, 0.6) is 0 Å². The predicted octanol–water partition coefficient (Wildman–Crippen LogP) is -1.10. The van der Waals surface area contributed by atoms with E-state index < -0.39 is 12.4 Å². The molecule has 4 nitrogen and oxygen atoms in total. The third-order valence-corrected chi connectivity index (χ3v) is 2.13. The molecule has 54 valence electrons. The Morgan fingerprint density at radius 3 is 0.889 bits per heavy atom. The fraction of sp³-hybridized carbons (Fsp3) is 0. The molecule has 0 amide bonds. The zero-order chi connectivity index (χ0) is 7.33. The number of hydrogen-bond donors (Lipinski definition) is 0. The molecular formula is C4H4NiO4. The minimum absolute atomic E-state index is 0.0938. The maximum absolute atomic E-state index is 9.87.